The Morgan fingerprint density at radius 3 is 2.17 bits per heavy atom. The number of carbonyl (C=O) groups excluding carboxylic acids is 3. The summed E-state index contributed by atoms with van der Waals surface area (Å²) in [5, 5.41) is 0. The number of hydrogen-bond donors (Lipinski definition) is 2. The van der Waals surface area contributed by atoms with Gasteiger partial charge in [-0.15, -0.1) is 0 Å². The highest BCUT2D eigenvalue weighted by molar-refractivity contribution is 6.28. The zero-order valence-corrected chi connectivity index (χ0v) is 12.6. The molecule has 2 heterocycles. The fourth-order valence-corrected chi connectivity index (χ4v) is 2.63. The first kappa shape index (κ1) is 15.2. The van der Waals surface area contributed by atoms with Gasteiger partial charge in [-0.3, -0.25) is 19.4 Å². The normalized spacial score (nSPS) is 22.0. The highest BCUT2D eigenvalue weighted by Gasteiger charge is 2.41. The van der Waals surface area contributed by atoms with Gasteiger partial charge in [-0.25, -0.2) is 14.6 Å². The molecular weight excluding hydrogens is 303 g/mol. The summed E-state index contributed by atoms with van der Waals surface area (Å²) in [6.07, 6.45) is 0.355. The predicted octanol–water partition coefficient (Wildman–Crippen LogP) is 0.669. The number of nitrogens with one attached hydrogen (secondary N) is 2. The number of rotatable bonds is 1. The van der Waals surface area contributed by atoms with E-state index < -0.39 is 17.8 Å². The smallest absolute Gasteiger partial charge is 0.324 e. The van der Waals surface area contributed by atoms with E-state index in [1.165, 1.54) is 26.2 Å². The van der Waals surface area contributed by atoms with Crippen molar-refractivity contribution in [2.75, 3.05) is 14.1 Å². The van der Waals surface area contributed by atoms with Crippen molar-refractivity contribution in [1.29, 1.82) is 0 Å². The van der Waals surface area contributed by atoms with Gasteiger partial charge in [-0.05, 0) is 17.7 Å². The van der Waals surface area contributed by atoms with E-state index in [4.69, 9.17) is 0 Å². The van der Waals surface area contributed by atoms with Crippen LogP contribution < -0.4 is 10.9 Å². The van der Waals surface area contributed by atoms with Gasteiger partial charge in [-0.1, -0.05) is 12.1 Å². The Kier molecular flexibility index (Phi) is 3.61. The number of barbiturate groups is 1. The Hall–Kier alpha value is -2.74. The summed E-state index contributed by atoms with van der Waals surface area (Å²) in [6.45, 7) is 0. The third-order valence-electron chi connectivity index (χ3n) is 3.99. The molecular formula is C15H15FN4O3. The van der Waals surface area contributed by atoms with Crippen molar-refractivity contribution in [1.82, 2.24) is 20.7 Å². The molecule has 2 N–H and O–H groups in total. The van der Waals surface area contributed by atoms with Crippen molar-refractivity contribution in [3.05, 3.63) is 46.9 Å². The first-order chi connectivity index (χ1) is 10.9. The fourth-order valence-electron chi connectivity index (χ4n) is 2.63. The molecule has 3 rings (SSSR count). The molecule has 1 aromatic rings. The Balaban J connectivity index is 1.90. The molecule has 1 unspecified atom stereocenters. The lowest BCUT2D eigenvalue weighted by atomic mass is 10.0. The SMILES string of the molecule is CN1C(=O)C(=C2CC(c3ccc(F)cc3)NN2)C(=O)N(C)C1=O. The minimum atomic E-state index is -0.662. The van der Waals surface area contributed by atoms with Crippen LogP contribution in [0.2, 0.25) is 0 Å². The summed E-state index contributed by atoms with van der Waals surface area (Å²) in [5.74, 6) is -1.61. The highest BCUT2D eigenvalue weighted by atomic mass is 19.1. The second-order valence-electron chi connectivity index (χ2n) is 5.44. The number of hydrogen-bond acceptors (Lipinski definition) is 5. The van der Waals surface area contributed by atoms with Crippen LogP contribution in [0.25, 0.3) is 0 Å². The summed E-state index contributed by atoms with van der Waals surface area (Å²) in [6, 6.07) is 5.10. The minimum Gasteiger partial charge on any atom is -0.324 e. The minimum absolute atomic E-state index is 0.0632. The maximum Gasteiger partial charge on any atom is 0.333 e. The number of imide groups is 2. The lowest BCUT2D eigenvalue weighted by molar-refractivity contribution is -0.134. The van der Waals surface area contributed by atoms with Crippen molar-refractivity contribution in [2.24, 2.45) is 0 Å². The first-order valence-electron chi connectivity index (χ1n) is 7.00. The van der Waals surface area contributed by atoms with Gasteiger partial charge in [0.15, 0.2) is 0 Å². The number of nitrogens with zero attached hydrogens (tertiary/aromatic N) is 2. The van der Waals surface area contributed by atoms with Crippen molar-refractivity contribution in [3.8, 4) is 0 Å². The van der Waals surface area contributed by atoms with E-state index in [2.05, 4.69) is 10.9 Å². The van der Waals surface area contributed by atoms with E-state index in [1.54, 1.807) is 12.1 Å². The van der Waals surface area contributed by atoms with E-state index in [0.717, 1.165) is 15.4 Å². The van der Waals surface area contributed by atoms with Gasteiger partial charge < -0.3 is 5.43 Å². The van der Waals surface area contributed by atoms with Crippen LogP contribution in [0.3, 0.4) is 0 Å². The van der Waals surface area contributed by atoms with Crippen LogP contribution in [-0.2, 0) is 9.59 Å². The number of hydrazine groups is 1. The average molecular weight is 318 g/mol. The van der Waals surface area contributed by atoms with Gasteiger partial charge in [-0.2, -0.15) is 0 Å². The van der Waals surface area contributed by atoms with Gasteiger partial charge >= 0.3 is 6.03 Å². The van der Waals surface area contributed by atoms with Crippen LogP contribution in [-0.4, -0.2) is 41.7 Å². The van der Waals surface area contributed by atoms with Crippen molar-refractivity contribution < 1.29 is 18.8 Å². The Morgan fingerprint density at radius 1 is 1.04 bits per heavy atom. The summed E-state index contributed by atoms with van der Waals surface area (Å²) in [7, 11) is 2.65. The molecule has 23 heavy (non-hydrogen) atoms. The molecule has 0 bridgehead atoms. The monoisotopic (exact) mass is 318 g/mol. The molecule has 0 spiro atoms. The highest BCUT2D eigenvalue weighted by Crippen LogP contribution is 2.28. The molecule has 2 saturated heterocycles. The molecule has 2 aliphatic rings. The topological polar surface area (TPSA) is 81.8 Å². The molecule has 4 amide bonds. The number of halogens is 1. The molecule has 1 atom stereocenters. The number of urea groups is 1. The molecule has 2 fully saturated rings. The van der Waals surface area contributed by atoms with E-state index >= 15 is 0 Å². The van der Waals surface area contributed by atoms with Crippen LogP contribution in [0, 0.1) is 5.82 Å². The molecule has 7 nitrogen and oxygen atoms in total. The quantitative estimate of drug-likeness (QED) is 0.587. The Morgan fingerprint density at radius 2 is 1.61 bits per heavy atom. The maximum absolute atomic E-state index is 13.0. The van der Waals surface area contributed by atoms with Crippen LogP contribution >= 0.6 is 0 Å². The molecule has 0 radical (unpaired) electrons. The van der Waals surface area contributed by atoms with Gasteiger partial charge in [0, 0.05) is 26.2 Å². The first-order valence-corrected chi connectivity index (χ1v) is 7.00. The third-order valence-corrected chi connectivity index (χ3v) is 3.99. The second-order valence-corrected chi connectivity index (χ2v) is 5.44. The number of likely N-dealkylation sites (N-methyl/N-ethyl adjacent to an activating group) is 2. The Labute approximate surface area is 131 Å². The van der Waals surface area contributed by atoms with E-state index in [1.807, 2.05) is 0 Å². The number of carbonyl (C=O) groups is 3. The molecule has 8 heteroatoms. The summed E-state index contributed by atoms with van der Waals surface area (Å²) >= 11 is 0. The van der Waals surface area contributed by atoms with E-state index in [0.29, 0.717) is 12.1 Å². The number of amides is 4. The molecule has 0 saturated carbocycles. The third kappa shape index (κ3) is 2.46. The molecule has 0 aromatic heterocycles. The molecule has 2 aliphatic heterocycles. The molecule has 1 aromatic carbocycles. The van der Waals surface area contributed by atoms with Crippen molar-refractivity contribution in [3.63, 3.8) is 0 Å². The summed E-state index contributed by atoms with van der Waals surface area (Å²) in [4.78, 5) is 38.0. The van der Waals surface area contributed by atoms with Crippen LogP contribution in [0.1, 0.15) is 18.0 Å². The molecule has 0 aliphatic carbocycles. The molecule has 120 valence electrons. The average Bonchev–Trinajstić information content (AvgIpc) is 3.01. The fraction of sp³-hybridized carbons (Fsp3) is 0.267. The largest absolute Gasteiger partial charge is 0.333 e. The lowest BCUT2D eigenvalue weighted by Gasteiger charge is -2.29. The van der Waals surface area contributed by atoms with Gasteiger partial charge in [0.1, 0.15) is 11.4 Å². The van der Waals surface area contributed by atoms with Crippen molar-refractivity contribution >= 4 is 17.8 Å². The summed E-state index contributed by atoms with van der Waals surface area (Å²) < 4.78 is 13.0. The van der Waals surface area contributed by atoms with Crippen LogP contribution in [0.4, 0.5) is 9.18 Å². The zero-order valence-electron chi connectivity index (χ0n) is 12.6. The van der Waals surface area contributed by atoms with Gasteiger partial charge in [0.05, 0.1) is 6.04 Å². The lowest BCUT2D eigenvalue weighted by Crippen LogP contribution is -2.53. The van der Waals surface area contributed by atoms with E-state index in [-0.39, 0.29) is 17.4 Å². The van der Waals surface area contributed by atoms with Crippen molar-refractivity contribution in [2.45, 2.75) is 12.5 Å². The van der Waals surface area contributed by atoms with Crippen LogP contribution in [0.5, 0.6) is 0 Å². The maximum atomic E-state index is 13.0. The van der Waals surface area contributed by atoms with E-state index in [9.17, 15) is 18.8 Å². The van der Waals surface area contributed by atoms with Crippen LogP contribution in [0.15, 0.2) is 35.5 Å². The van der Waals surface area contributed by atoms with Gasteiger partial charge in [0.25, 0.3) is 11.8 Å². The Bertz CT molecular complexity index is 703. The number of benzene rings is 1. The second kappa shape index (κ2) is 5.47. The van der Waals surface area contributed by atoms with Gasteiger partial charge in [0.2, 0.25) is 0 Å². The standard InChI is InChI=1S/C15H15FN4O3/c1-19-13(21)12(14(22)20(2)15(19)23)11-7-10(17-18-11)8-3-5-9(16)6-4-8/h3-6,10,17-18H,7H2,1-2H3. The predicted molar refractivity (Wildman–Crippen MR) is 78.0 cm³/mol. The summed E-state index contributed by atoms with van der Waals surface area (Å²) in [5.41, 5.74) is 6.98. The zero-order chi connectivity index (χ0) is 16.7.